The molecule has 2 fully saturated rings. The van der Waals surface area contributed by atoms with Crippen LogP contribution < -0.4 is 10.1 Å². The first kappa shape index (κ1) is 13.9. The Labute approximate surface area is 124 Å². The summed E-state index contributed by atoms with van der Waals surface area (Å²) in [6.07, 6.45) is 3.75. The van der Waals surface area contributed by atoms with Crippen molar-refractivity contribution in [1.82, 2.24) is 10.2 Å². The van der Waals surface area contributed by atoms with E-state index in [0.29, 0.717) is 18.2 Å². The molecule has 1 aliphatic heterocycles. The number of benzene rings is 1. The zero-order valence-electron chi connectivity index (χ0n) is 12.2. The van der Waals surface area contributed by atoms with Crippen molar-refractivity contribution in [2.75, 3.05) is 13.7 Å². The van der Waals surface area contributed by atoms with Crippen molar-refractivity contribution < 1.29 is 14.3 Å². The molecule has 1 saturated heterocycles. The molecule has 3 rings (SSSR count). The Hall–Kier alpha value is -2.04. The van der Waals surface area contributed by atoms with E-state index in [1.165, 1.54) is 0 Å². The highest BCUT2D eigenvalue weighted by Crippen LogP contribution is 2.24. The molecule has 112 valence electrons. The number of likely N-dealkylation sites (tertiary alicyclic amines) is 1. The number of carbonyl (C=O) groups excluding carboxylic acids is 2. The molecular weight excluding hydrogens is 268 g/mol. The van der Waals surface area contributed by atoms with Crippen LogP contribution in [0, 0.1) is 0 Å². The van der Waals surface area contributed by atoms with Crippen molar-refractivity contribution in [3.8, 4) is 5.75 Å². The molecule has 1 N–H and O–H groups in total. The highest BCUT2D eigenvalue weighted by Gasteiger charge is 2.36. The molecule has 2 aliphatic rings. The number of nitrogens with one attached hydrogen (secondary N) is 1. The van der Waals surface area contributed by atoms with Crippen molar-refractivity contribution in [2.45, 2.75) is 37.8 Å². The highest BCUT2D eigenvalue weighted by molar-refractivity contribution is 5.98. The summed E-state index contributed by atoms with van der Waals surface area (Å²) in [7, 11) is 1.59. The van der Waals surface area contributed by atoms with Crippen LogP contribution in [0.4, 0.5) is 0 Å². The van der Waals surface area contributed by atoms with Gasteiger partial charge in [0, 0.05) is 18.2 Å². The van der Waals surface area contributed by atoms with Crippen LogP contribution in [0.5, 0.6) is 5.75 Å². The van der Waals surface area contributed by atoms with Crippen LogP contribution in [0.2, 0.25) is 0 Å². The van der Waals surface area contributed by atoms with Crippen LogP contribution >= 0.6 is 0 Å². The lowest BCUT2D eigenvalue weighted by Gasteiger charge is -2.24. The Morgan fingerprint density at radius 3 is 2.52 bits per heavy atom. The van der Waals surface area contributed by atoms with Gasteiger partial charge in [-0.25, -0.2) is 0 Å². The number of methoxy groups -OCH3 is 1. The van der Waals surface area contributed by atoms with Gasteiger partial charge in [-0.1, -0.05) is 0 Å². The molecule has 1 heterocycles. The Kier molecular flexibility index (Phi) is 3.82. The smallest absolute Gasteiger partial charge is 0.254 e. The first-order valence-electron chi connectivity index (χ1n) is 7.44. The number of ether oxygens (including phenoxy) is 1. The van der Waals surface area contributed by atoms with E-state index in [0.717, 1.165) is 31.4 Å². The fourth-order valence-electron chi connectivity index (χ4n) is 2.71. The van der Waals surface area contributed by atoms with E-state index in [4.69, 9.17) is 4.74 Å². The molecule has 1 aromatic carbocycles. The fraction of sp³-hybridized carbons (Fsp3) is 0.500. The Bertz CT molecular complexity index is 537. The topological polar surface area (TPSA) is 58.6 Å². The summed E-state index contributed by atoms with van der Waals surface area (Å²) in [6.45, 7) is 0.646. The van der Waals surface area contributed by atoms with Crippen LogP contribution in [0.25, 0.3) is 0 Å². The average molecular weight is 288 g/mol. The van der Waals surface area contributed by atoms with Gasteiger partial charge >= 0.3 is 0 Å². The second kappa shape index (κ2) is 5.76. The summed E-state index contributed by atoms with van der Waals surface area (Å²) in [5, 5.41) is 3.00. The lowest BCUT2D eigenvalue weighted by molar-refractivity contribution is -0.125. The van der Waals surface area contributed by atoms with Gasteiger partial charge in [-0.05, 0) is 49.9 Å². The Morgan fingerprint density at radius 1 is 1.19 bits per heavy atom. The zero-order valence-corrected chi connectivity index (χ0v) is 12.2. The minimum absolute atomic E-state index is 0.00291. The van der Waals surface area contributed by atoms with Crippen molar-refractivity contribution >= 4 is 11.8 Å². The second-order valence-electron chi connectivity index (χ2n) is 5.67. The Balaban J connectivity index is 1.70. The van der Waals surface area contributed by atoms with Crippen molar-refractivity contribution in [3.05, 3.63) is 29.8 Å². The number of carbonyl (C=O) groups is 2. The van der Waals surface area contributed by atoms with E-state index in [2.05, 4.69) is 5.32 Å². The van der Waals surface area contributed by atoms with E-state index in [1.807, 2.05) is 0 Å². The second-order valence-corrected chi connectivity index (χ2v) is 5.67. The van der Waals surface area contributed by atoms with Crippen molar-refractivity contribution in [3.63, 3.8) is 0 Å². The van der Waals surface area contributed by atoms with Gasteiger partial charge in [-0.2, -0.15) is 0 Å². The fourth-order valence-corrected chi connectivity index (χ4v) is 2.71. The molecule has 0 unspecified atom stereocenters. The van der Waals surface area contributed by atoms with Crippen LogP contribution in [-0.4, -0.2) is 42.5 Å². The molecule has 2 amide bonds. The lowest BCUT2D eigenvalue weighted by atomic mass is 10.1. The molecule has 5 nitrogen and oxygen atoms in total. The quantitative estimate of drug-likeness (QED) is 0.915. The van der Waals surface area contributed by atoms with Gasteiger partial charge in [0.05, 0.1) is 7.11 Å². The summed E-state index contributed by atoms with van der Waals surface area (Å²) in [4.78, 5) is 26.5. The number of amides is 2. The van der Waals surface area contributed by atoms with Crippen LogP contribution in [0.1, 0.15) is 36.0 Å². The summed E-state index contributed by atoms with van der Waals surface area (Å²) >= 11 is 0. The number of hydrogen-bond donors (Lipinski definition) is 1. The average Bonchev–Trinajstić information content (AvgIpc) is 3.18. The predicted octanol–water partition coefficient (Wildman–Crippen LogP) is 1.58. The minimum Gasteiger partial charge on any atom is -0.497 e. The SMILES string of the molecule is COc1ccc(C(=O)N2CCC[C@@H]2C(=O)NC2CC2)cc1. The molecule has 0 bridgehead atoms. The lowest BCUT2D eigenvalue weighted by Crippen LogP contribution is -2.46. The van der Waals surface area contributed by atoms with Crippen LogP contribution in [0.15, 0.2) is 24.3 Å². The van der Waals surface area contributed by atoms with Gasteiger partial charge in [0.2, 0.25) is 5.91 Å². The standard InChI is InChI=1S/C16H20N2O3/c1-21-13-8-4-11(5-9-13)16(20)18-10-2-3-14(18)15(19)17-12-6-7-12/h4-5,8-9,12,14H,2-3,6-7,10H2,1H3,(H,17,19)/t14-/m1/s1. The van der Waals surface area contributed by atoms with Gasteiger partial charge in [-0.15, -0.1) is 0 Å². The molecule has 5 heteroatoms. The molecule has 21 heavy (non-hydrogen) atoms. The molecular formula is C16H20N2O3. The zero-order chi connectivity index (χ0) is 14.8. The minimum atomic E-state index is -0.319. The summed E-state index contributed by atoms with van der Waals surface area (Å²) in [6, 6.07) is 7.03. The van der Waals surface area contributed by atoms with Crippen molar-refractivity contribution in [2.24, 2.45) is 0 Å². The summed E-state index contributed by atoms with van der Waals surface area (Å²) < 4.78 is 5.10. The molecule has 0 radical (unpaired) electrons. The van der Waals surface area contributed by atoms with Gasteiger partial charge in [0.25, 0.3) is 5.91 Å². The number of hydrogen-bond acceptors (Lipinski definition) is 3. The number of nitrogens with zero attached hydrogens (tertiary/aromatic N) is 1. The first-order valence-corrected chi connectivity index (χ1v) is 7.44. The third-order valence-electron chi connectivity index (χ3n) is 4.08. The highest BCUT2D eigenvalue weighted by atomic mass is 16.5. The molecule has 1 atom stereocenters. The van der Waals surface area contributed by atoms with Gasteiger partial charge < -0.3 is 15.0 Å². The van der Waals surface area contributed by atoms with E-state index in [-0.39, 0.29) is 17.9 Å². The van der Waals surface area contributed by atoms with Gasteiger partial charge in [0.1, 0.15) is 11.8 Å². The largest absolute Gasteiger partial charge is 0.497 e. The molecule has 1 aliphatic carbocycles. The van der Waals surface area contributed by atoms with E-state index in [1.54, 1.807) is 36.3 Å². The van der Waals surface area contributed by atoms with Gasteiger partial charge in [-0.3, -0.25) is 9.59 Å². The molecule has 1 aromatic rings. The molecule has 0 spiro atoms. The van der Waals surface area contributed by atoms with Crippen molar-refractivity contribution in [1.29, 1.82) is 0 Å². The van der Waals surface area contributed by atoms with Crippen LogP contribution in [0.3, 0.4) is 0 Å². The van der Waals surface area contributed by atoms with Gasteiger partial charge in [0.15, 0.2) is 0 Å². The monoisotopic (exact) mass is 288 g/mol. The molecule has 1 saturated carbocycles. The molecule has 0 aromatic heterocycles. The van der Waals surface area contributed by atoms with E-state index in [9.17, 15) is 9.59 Å². The Morgan fingerprint density at radius 2 is 1.90 bits per heavy atom. The van der Waals surface area contributed by atoms with E-state index >= 15 is 0 Å². The summed E-state index contributed by atoms with van der Waals surface area (Å²) in [5.74, 6) is 0.638. The maximum Gasteiger partial charge on any atom is 0.254 e. The number of rotatable bonds is 4. The third kappa shape index (κ3) is 3.01. The third-order valence-corrected chi connectivity index (χ3v) is 4.08. The summed E-state index contributed by atoms with van der Waals surface area (Å²) in [5.41, 5.74) is 0.599. The maximum atomic E-state index is 12.6. The predicted molar refractivity (Wildman–Crippen MR) is 78.2 cm³/mol. The van der Waals surface area contributed by atoms with E-state index < -0.39 is 0 Å². The maximum absolute atomic E-state index is 12.6. The van der Waals surface area contributed by atoms with Crippen LogP contribution in [-0.2, 0) is 4.79 Å². The first-order chi connectivity index (χ1) is 10.2. The normalized spacial score (nSPS) is 21.2.